The van der Waals surface area contributed by atoms with Gasteiger partial charge in [-0.3, -0.25) is 4.79 Å². The Bertz CT molecular complexity index is 136. The second-order valence-electron chi connectivity index (χ2n) is 2.87. The molecule has 0 radical (unpaired) electrons. The van der Waals surface area contributed by atoms with Crippen molar-refractivity contribution in [1.82, 2.24) is 0 Å². The van der Waals surface area contributed by atoms with Crippen molar-refractivity contribution in [2.24, 2.45) is 5.92 Å². The van der Waals surface area contributed by atoms with Crippen molar-refractivity contribution in [1.29, 1.82) is 0 Å². The Balaban J connectivity index is 2.10. The molecule has 1 unspecified atom stereocenters. The summed E-state index contributed by atoms with van der Waals surface area (Å²) in [5.41, 5.74) is 0. The van der Waals surface area contributed by atoms with Gasteiger partial charge in [0.25, 0.3) is 0 Å². The van der Waals surface area contributed by atoms with E-state index in [1.54, 1.807) is 0 Å². The molecule has 0 bridgehead atoms. The Hall–Kier alpha value is -0.180. The number of carbonyl (C=O) groups excluding carboxylic acids is 1. The van der Waals surface area contributed by atoms with Crippen LogP contribution in [-0.2, 0) is 9.53 Å². The van der Waals surface area contributed by atoms with Gasteiger partial charge in [-0.1, -0.05) is 6.42 Å². The lowest BCUT2D eigenvalue weighted by Crippen LogP contribution is -2.07. The minimum Gasteiger partial charge on any atom is -0.465 e. The number of carbonyl (C=O) groups is 1. The zero-order valence-corrected chi connectivity index (χ0v) is 7.48. The fourth-order valence-corrected chi connectivity index (χ4v) is 1.53. The third kappa shape index (κ3) is 2.73. The molecule has 0 aromatic rings. The van der Waals surface area contributed by atoms with Gasteiger partial charge in [0.1, 0.15) is 0 Å². The summed E-state index contributed by atoms with van der Waals surface area (Å²) in [7, 11) is 0. The van der Waals surface area contributed by atoms with Crippen LogP contribution in [0.3, 0.4) is 0 Å². The summed E-state index contributed by atoms with van der Waals surface area (Å²) >= 11 is 4.10. The number of hydrogen-bond acceptors (Lipinski definition) is 3. The Kier molecular flexibility index (Phi) is 3.77. The third-order valence-corrected chi connectivity index (χ3v) is 2.32. The maximum Gasteiger partial charge on any atom is 0.309 e. The fraction of sp³-hybridized carbons (Fsp3) is 0.875. The van der Waals surface area contributed by atoms with E-state index in [-0.39, 0.29) is 11.9 Å². The number of hydrogen-bond donors (Lipinski definition) is 1. The largest absolute Gasteiger partial charge is 0.465 e. The van der Waals surface area contributed by atoms with Crippen LogP contribution in [0.5, 0.6) is 0 Å². The first-order chi connectivity index (χ1) is 5.34. The zero-order valence-electron chi connectivity index (χ0n) is 6.58. The van der Waals surface area contributed by atoms with Crippen molar-refractivity contribution in [3.63, 3.8) is 0 Å². The third-order valence-electron chi connectivity index (χ3n) is 2.00. The first kappa shape index (κ1) is 8.91. The van der Waals surface area contributed by atoms with E-state index in [1.807, 2.05) is 0 Å². The van der Waals surface area contributed by atoms with Gasteiger partial charge < -0.3 is 4.74 Å². The molecule has 1 saturated heterocycles. The van der Waals surface area contributed by atoms with E-state index in [0.717, 1.165) is 31.4 Å². The van der Waals surface area contributed by atoms with Crippen LogP contribution >= 0.6 is 12.6 Å². The standard InChI is InChI=1S/C8H14O2S/c9-8-7(4-5-10-8)3-1-2-6-11/h7,11H,1-6H2. The Morgan fingerprint density at radius 1 is 1.55 bits per heavy atom. The Labute approximate surface area is 72.7 Å². The van der Waals surface area contributed by atoms with Crippen molar-refractivity contribution < 1.29 is 9.53 Å². The van der Waals surface area contributed by atoms with E-state index in [2.05, 4.69) is 12.6 Å². The molecule has 0 aromatic carbocycles. The summed E-state index contributed by atoms with van der Waals surface area (Å²) < 4.78 is 4.84. The van der Waals surface area contributed by atoms with Crippen molar-refractivity contribution in [3.8, 4) is 0 Å². The van der Waals surface area contributed by atoms with Gasteiger partial charge in [-0.2, -0.15) is 12.6 Å². The highest BCUT2D eigenvalue weighted by Gasteiger charge is 2.25. The average Bonchev–Trinajstić information content (AvgIpc) is 2.37. The quantitative estimate of drug-likeness (QED) is 0.398. The molecule has 0 N–H and O–H groups in total. The predicted molar refractivity (Wildman–Crippen MR) is 46.8 cm³/mol. The molecule has 3 heteroatoms. The lowest BCUT2D eigenvalue weighted by molar-refractivity contribution is -0.141. The molecular formula is C8H14O2S. The maximum absolute atomic E-state index is 10.9. The summed E-state index contributed by atoms with van der Waals surface area (Å²) in [5.74, 6) is 1.11. The van der Waals surface area contributed by atoms with Crippen molar-refractivity contribution in [2.75, 3.05) is 12.4 Å². The topological polar surface area (TPSA) is 26.3 Å². The van der Waals surface area contributed by atoms with Gasteiger partial charge in [0, 0.05) is 0 Å². The van der Waals surface area contributed by atoms with Crippen molar-refractivity contribution >= 4 is 18.6 Å². The van der Waals surface area contributed by atoms with E-state index in [9.17, 15) is 4.79 Å². The molecule has 1 aliphatic heterocycles. The lowest BCUT2D eigenvalue weighted by Gasteiger charge is -2.02. The number of cyclic esters (lactones) is 1. The molecule has 64 valence electrons. The zero-order chi connectivity index (χ0) is 8.10. The molecule has 1 heterocycles. The monoisotopic (exact) mass is 174 g/mol. The average molecular weight is 174 g/mol. The smallest absolute Gasteiger partial charge is 0.309 e. The van der Waals surface area contributed by atoms with Crippen LogP contribution in [0.1, 0.15) is 25.7 Å². The minimum atomic E-state index is 0.00386. The molecule has 0 aliphatic carbocycles. The highest BCUT2D eigenvalue weighted by atomic mass is 32.1. The van der Waals surface area contributed by atoms with Crippen LogP contribution in [0.15, 0.2) is 0 Å². The summed E-state index contributed by atoms with van der Waals surface area (Å²) in [6.07, 6.45) is 4.11. The molecule has 0 aromatic heterocycles. The lowest BCUT2D eigenvalue weighted by atomic mass is 10.0. The van der Waals surface area contributed by atoms with Gasteiger partial charge in [-0.15, -0.1) is 0 Å². The van der Waals surface area contributed by atoms with Crippen LogP contribution in [0.4, 0.5) is 0 Å². The van der Waals surface area contributed by atoms with Crippen molar-refractivity contribution in [2.45, 2.75) is 25.7 Å². The Morgan fingerprint density at radius 3 is 2.91 bits per heavy atom. The summed E-state index contributed by atoms with van der Waals surface area (Å²) in [6.45, 7) is 0.629. The van der Waals surface area contributed by atoms with E-state index >= 15 is 0 Å². The fourth-order valence-electron chi connectivity index (χ4n) is 1.30. The van der Waals surface area contributed by atoms with Gasteiger partial charge in [0.05, 0.1) is 12.5 Å². The molecule has 0 saturated carbocycles. The first-order valence-electron chi connectivity index (χ1n) is 4.12. The molecule has 11 heavy (non-hydrogen) atoms. The number of thiol groups is 1. The van der Waals surface area contributed by atoms with Crippen LogP contribution in [-0.4, -0.2) is 18.3 Å². The molecule has 1 atom stereocenters. The summed E-state index contributed by atoms with van der Waals surface area (Å²) in [4.78, 5) is 10.9. The minimum absolute atomic E-state index is 0.00386. The number of ether oxygens (including phenoxy) is 1. The summed E-state index contributed by atoms with van der Waals surface area (Å²) in [5, 5.41) is 0. The molecule has 1 fully saturated rings. The maximum atomic E-state index is 10.9. The van der Waals surface area contributed by atoms with Gasteiger partial charge in [0.15, 0.2) is 0 Å². The number of rotatable bonds is 4. The van der Waals surface area contributed by atoms with Crippen LogP contribution in [0.2, 0.25) is 0 Å². The van der Waals surface area contributed by atoms with Gasteiger partial charge in [-0.25, -0.2) is 0 Å². The van der Waals surface area contributed by atoms with Crippen molar-refractivity contribution in [3.05, 3.63) is 0 Å². The van der Waals surface area contributed by atoms with E-state index < -0.39 is 0 Å². The molecule has 1 aliphatic rings. The highest BCUT2D eigenvalue weighted by molar-refractivity contribution is 7.80. The second kappa shape index (κ2) is 4.65. The molecule has 1 rings (SSSR count). The SMILES string of the molecule is O=C1OCCC1CCCCS. The van der Waals surface area contributed by atoms with Gasteiger partial charge in [-0.05, 0) is 25.0 Å². The first-order valence-corrected chi connectivity index (χ1v) is 4.75. The number of esters is 1. The Morgan fingerprint density at radius 2 is 2.36 bits per heavy atom. The molecular weight excluding hydrogens is 160 g/mol. The van der Waals surface area contributed by atoms with Gasteiger partial charge in [0.2, 0.25) is 0 Å². The van der Waals surface area contributed by atoms with Crippen LogP contribution in [0, 0.1) is 5.92 Å². The molecule has 0 spiro atoms. The van der Waals surface area contributed by atoms with E-state index in [4.69, 9.17) is 4.74 Å². The normalized spacial score (nSPS) is 23.7. The highest BCUT2D eigenvalue weighted by Crippen LogP contribution is 2.20. The van der Waals surface area contributed by atoms with Crippen LogP contribution < -0.4 is 0 Å². The molecule has 0 amide bonds. The van der Waals surface area contributed by atoms with Gasteiger partial charge >= 0.3 is 5.97 Å². The summed E-state index contributed by atoms with van der Waals surface area (Å²) in [6, 6.07) is 0. The second-order valence-corrected chi connectivity index (χ2v) is 3.32. The molecule has 2 nitrogen and oxygen atoms in total. The van der Waals surface area contributed by atoms with E-state index in [1.165, 1.54) is 0 Å². The van der Waals surface area contributed by atoms with Crippen LogP contribution in [0.25, 0.3) is 0 Å². The predicted octanol–water partition coefficient (Wildman–Crippen LogP) is 1.65. The van der Waals surface area contributed by atoms with E-state index in [0.29, 0.717) is 6.61 Å². The number of unbranched alkanes of at least 4 members (excludes halogenated alkanes) is 1.